The molecule has 2 rings (SSSR count). The van der Waals surface area contributed by atoms with E-state index in [0.717, 1.165) is 11.1 Å². The monoisotopic (exact) mass is 278 g/mol. The fourth-order valence-electron chi connectivity index (χ4n) is 2.42. The first-order valence-corrected chi connectivity index (χ1v) is 6.48. The number of rotatable bonds is 5. The molecule has 0 atom stereocenters. The summed E-state index contributed by atoms with van der Waals surface area (Å²) in [6, 6.07) is 19.0. The van der Waals surface area contributed by atoms with Crippen LogP contribution >= 0.6 is 0 Å². The van der Waals surface area contributed by atoms with Crippen LogP contribution in [0.2, 0.25) is 0 Å². The quantitative estimate of drug-likeness (QED) is 0.623. The summed E-state index contributed by atoms with van der Waals surface area (Å²) in [4.78, 5) is 28.8. The van der Waals surface area contributed by atoms with Crippen molar-refractivity contribution in [2.24, 2.45) is 9.98 Å². The second kappa shape index (κ2) is 6.58. The van der Waals surface area contributed by atoms with Crippen LogP contribution in [0.5, 0.6) is 0 Å². The summed E-state index contributed by atoms with van der Waals surface area (Å²) in [6.07, 6.45) is 2.10. The van der Waals surface area contributed by atoms with Gasteiger partial charge in [0.25, 0.3) is 0 Å². The zero-order chi connectivity index (χ0) is 15.1. The van der Waals surface area contributed by atoms with Gasteiger partial charge < -0.3 is 0 Å². The topological polar surface area (TPSA) is 58.9 Å². The van der Waals surface area contributed by atoms with Gasteiger partial charge in [-0.2, -0.15) is 9.98 Å². The molecular formula is C17H14N2O2. The van der Waals surface area contributed by atoms with E-state index in [2.05, 4.69) is 9.98 Å². The molecule has 104 valence electrons. The molecule has 4 heteroatoms. The molecule has 4 nitrogen and oxygen atoms in total. The average molecular weight is 278 g/mol. The van der Waals surface area contributed by atoms with Gasteiger partial charge in [0.05, 0.1) is 5.41 Å². The van der Waals surface area contributed by atoms with E-state index in [0.29, 0.717) is 0 Å². The van der Waals surface area contributed by atoms with Gasteiger partial charge in [0.2, 0.25) is 12.2 Å². The number of isocyanates is 2. The van der Waals surface area contributed by atoms with Gasteiger partial charge in [0, 0.05) is 0 Å². The summed E-state index contributed by atoms with van der Waals surface area (Å²) >= 11 is 0. The summed E-state index contributed by atoms with van der Waals surface area (Å²) in [7, 11) is 0. The first kappa shape index (κ1) is 14.6. The molecule has 0 radical (unpaired) electrons. The highest BCUT2D eigenvalue weighted by molar-refractivity contribution is 5.45. The SMILES string of the molecule is CC(c1ccccc1)(c1ccccc1)C(N=C=O)N=C=O. The fraction of sp³-hybridized carbons (Fsp3) is 0.176. The van der Waals surface area contributed by atoms with Gasteiger partial charge in [-0.05, 0) is 18.1 Å². The maximum absolute atomic E-state index is 10.7. The molecular weight excluding hydrogens is 264 g/mol. The van der Waals surface area contributed by atoms with Crippen LogP contribution < -0.4 is 0 Å². The van der Waals surface area contributed by atoms with Gasteiger partial charge in [0.1, 0.15) is 0 Å². The minimum Gasteiger partial charge on any atom is -0.211 e. The number of nitrogens with zero attached hydrogens (tertiary/aromatic N) is 2. The van der Waals surface area contributed by atoms with Gasteiger partial charge in [-0.1, -0.05) is 60.7 Å². The summed E-state index contributed by atoms with van der Waals surface area (Å²) in [5.41, 5.74) is 1.05. The smallest absolute Gasteiger partial charge is 0.211 e. The highest BCUT2D eigenvalue weighted by Crippen LogP contribution is 2.37. The molecule has 0 aliphatic carbocycles. The third kappa shape index (κ3) is 2.87. The fourth-order valence-corrected chi connectivity index (χ4v) is 2.42. The first-order valence-electron chi connectivity index (χ1n) is 6.48. The van der Waals surface area contributed by atoms with Crippen LogP contribution in [0.1, 0.15) is 18.1 Å². The molecule has 0 amide bonds. The van der Waals surface area contributed by atoms with Crippen LogP contribution in [0.25, 0.3) is 0 Å². The molecule has 0 aliphatic rings. The second-order valence-corrected chi connectivity index (χ2v) is 4.75. The Hall–Kier alpha value is -2.80. The lowest BCUT2D eigenvalue weighted by atomic mass is 9.74. The molecule has 2 aromatic rings. The normalized spacial score (nSPS) is 11.9. The molecule has 0 heterocycles. The van der Waals surface area contributed by atoms with Crippen molar-refractivity contribution in [3.8, 4) is 0 Å². The van der Waals surface area contributed by atoms with Crippen LogP contribution in [0.3, 0.4) is 0 Å². The summed E-state index contributed by atoms with van der Waals surface area (Å²) < 4.78 is 0. The standard InChI is InChI=1S/C17H14N2O2/c1-17(14-8-4-2-5-9-14,15-10-6-3-7-11-15)16(18-12-20)19-13-21/h2-11,16H,1H3. The third-order valence-electron chi connectivity index (χ3n) is 3.61. The van der Waals surface area contributed by atoms with E-state index >= 15 is 0 Å². The van der Waals surface area contributed by atoms with Crippen molar-refractivity contribution in [2.75, 3.05) is 0 Å². The van der Waals surface area contributed by atoms with Gasteiger partial charge >= 0.3 is 0 Å². The lowest BCUT2D eigenvalue weighted by Gasteiger charge is -2.32. The van der Waals surface area contributed by atoms with Crippen LogP contribution in [0, 0.1) is 0 Å². The van der Waals surface area contributed by atoms with E-state index in [1.54, 1.807) is 0 Å². The molecule has 0 aliphatic heterocycles. The molecule has 0 unspecified atom stereocenters. The molecule has 0 spiro atoms. The van der Waals surface area contributed by atoms with Crippen molar-refractivity contribution in [1.29, 1.82) is 0 Å². The summed E-state index contributed by atoms with van der Waals surface area (Å²) in [5, 5.41) is 0. The van der Waals surface area contributed by atoms with E-state index in [1.165, 1.54) is 12.2 Å². The lowest BCUT2D eigenvalue weighted by molar-refractivity contribution is 0.448. The van der Waals surface area contributed by atoms with Crippen LogP contribution in [-0.4, -0.2) is 18.3 Å². The molecule has 2 aromatic carbocycles. The Labute approximate surface area is 122 Å². The van der Waals surface area contributed by atoms with Crippen LogP contribution in [-0.2, 0) is 15.0 Å². The molecule has 0 bridgehead atoms. The maximum Gasteiger partial charge on any atom is 0.237 e. The second-order valence-electron chi connectivity index (χ2n) is 4.75. The Morgan fingerprint density at radius 3 is 1.52 bits per heavy atom. The molecule has 0 aromatic heterocycles. The van der Waals surface area contributed by atoms with E-state index in [4.69, 9.17) is 0 Å². The van der Waals surface area contributed by atoms with Crippen molar-refractivity contribution < 1.29 is 9.59 Å². The van der Waals surface area contributed by atoms with Gasteiger partial charge in [-0.15, -0.1) is 0 Å². The predicted octanol–water partition coefficient (Wildman–Crippen LogP) is 2.99. The van der Waals surface area contributed by atoms with Crippen molar-refractivity contribution in [2.45, 2.75) is 18.5 Å². The first-order chi connectivity index (χ1) is 10.2. The highest BCUT2D eigenvalue weighted by Gasteiger charge is 2.38. The summed E-state index contributed by atoms with van der Waals surface area (Å²) in [6.45, 7) is 1.89. The largest absolute Gasteiger partial charge is 0.237 e. The number of carbonyl (C=O) groups excluding carboxylic acids is 2. The van der Waals surface area contributed by atoms with Crippen LogP contribution in [0.15, 0.2) is 70.6 Å². The average Bonchev–Trinajstić information content (AvgIpc) is 2.55. The van der Waals surface area contributed by atoms with Crippen molar-refractivity contribution in [3.05, 3.63) is 71.8 Å². The number of benzene rings is 2. The van der Waals surface area contributed by atoms with E-state index in [-0.39, 0.29) is 0 Å². The molecule has 21 heavy (non-hydrogen) atoms. The zero-order valence-electron chi connectivity index (χ0n) is 11.6. The molecule has 0 saturated heterocycles. The Bertz CT molecular complexity index is 628. The molecule has 0 saturated carbocycles. The van der Waals surface area contributed by atoms with Crippen LogP contribution in [0.4, 0.5) is 0 Å². The Balaban J connectivity index is 2.70. The van der Waals surface area contributed by atoms with Gasteiger partial charge in [0.15, 0.2) is 6.17 Å². The minimum atomic E-state index is -0.905. The lowest BCUT2D eigenvalue weighted by Crippen LogP contribution is -2.35. The van der Waals surface area contributed by atoms with Gasteiger partial charge in [-0.25, -0.2) is 9.59 Å². The molecule has 0 fully saturated rings. The Morgan fingerprint density at radius 1 is 0.810 bits per heavy atom. The van der Waals surface area contributed by atoms with E-state index < -0.39 is 11.6 Å². The Morgan fingerprint density at radius 2 is 1.19 bits per heavy atom. The number of hydrogen-bond acceptors (Lipinski definition) is 4. The minimum absolute atomic E-state index is 0.753. The van der Waals surface area contributed by atoms with Crippen molar-refractivity contribution >= 4 is 12.2 Å². The van der Waals surface area contributed by atoms with Crippen molar-refractivity contribution in [3.63, 3.8) is 0 Å². The number of hydrogen-bond donors (Lipinski definition) is 0. The maximum atomic E-state index is 10.7. The third-order valence-corrected chi connectivity index (χ3v) is 3.61. The molecule has 0 N–H and O–H groups in total. The van der Waals surface area contributed by atoms with Gasteiger partial charge in [-0.3, -0.25) is 0 Å². The predicted molar refractivity (Wildman–Crippen MR) is 79.4 cm³/mol. The van der Waals surface area contributed by atoms with Crippen molar-refractivity contribution in [1.82, 2.24) is 0 Å². The zero-order valence-corrected chi connectivity index (χ0v) is 11.6. The van der Waals surface area contributed by atoms with E-state index in [9.17, 15) is 9.59 Å². The highest BCUT2D eigenvalue weighted by atomic mass is 16.1. The van der Waals surface area contributed by atoms with E-state index in [1.807, 2.05) is 67.6 Å². The number of aliphatic imine (C=N–C) groups is 2. The summed E-state index contributed by atoms with van der Waals surface area (Å²) in [5.74, 6) is 0. The Kier molecular flexibility index (Phi) is 4.57.